The molecule has 1 amide bonds. The minimum absolute atomic E-state index is 0.114. The molecule has 0 saturated carbocycles. The van der Waals surface area contributed by atoms with Crippen molar-refractivity contribution in [2.75, 3.05) is 13.2 Å². The van der Waals surface area contributed by atoms with Gasteiger partial charge in [-0.2, -0.15) is 0 Å². The Kier molecular flexibility index (Phi) is 3.69. The smallest absolute Gasteiger partial charge is 0.231 e. The van der Waals surface area contributed by atoms with Gasteiger partial charge in [0.05, 0.1) is 6.54 Å². The quantitative estimate of drug-likeness (QED) is 0.911. The molecule has 0 radical (unpaired) electrons. The van der Waals surface area contributed by atoms with Crippen LogP contribution in [0.15, 0.2) is 41.8 Å². The van der Waals surface area contributed by atoms with Crippen LogP contribution in [-0.2, 0) is 10.4 Å². The number of carbonyl (C=O) groups excluding carboxylic acids is 1. The first-order valence-electron chi connectivity index (χ1n) is 6.84. The zero-order valence-electron chi connectivity index (χ0n) is 11.7. The number of hydrogen-bond donors (Lipinski definition) is 2. The molecule has 1 aliphatic heterocycles. The molecule has 1 aliphatic rings. The van der Waals surface area contributed by atoms with Gasteiger partial charge < -0.3 is 15.2 Å². The van der Waals surface area contributed by atoms with E-state index < -0.39 is 5.60 Å². The zero-order chi connectivity index (χ0) is 14.9. The lowest BCUT2D eigenvalue weighted by atomic mass is 9.99. The van der Waals surface area contributed by atoms with E-state index in [1.54, 1.807) is 6.92 Å². The fraction of sp³-hybridized carbons (Fsp3) is 0.312. The number of carbonyl (C=O) groups is 1. The molecule has 2 heterocycles. The lowest BCUT2D eigenvalue weighted by Crippen LogP contribution is -2.40. The molecule has 3 rings (SSSR count). The minimum Gasteiger partial charge on any atom is -0.492 e. The second-order valence-electron chi connectivity index (χ2n) is 5.37. The number of amides is 1. The summed E-state index contributed by atoms with van der Waals surface area (Å²) in [6, 6.07) is 11.3. The van der Waals surface area contributed by atoms with E-state index in [9.17, 15) is 9.90 Å². The lowest BCUT2D eigenvalue weighted by molar-refractivity contribution is -0.123. The Hall–Kier alpha value is -1.85. The maximum Gasteiger partial charge on any atom is 0.231 e. The van der Waals surface area contributed by atoms with Crippen molar-refractivity contribution >= 4 is 17.2 Å². The predicted octanol–water partition coefficient (Wildman–Crippen LogP) is 2.25. The molecule has 0 spiro atoms. The van der Waals surface area contributed by atoms with Crippen molar-refractivity contribution in [3.63, 3.8) is 0 Å². The third-order valence-corrected chi connectivity index (χ3v) is 4.80. The molecular weight excluding hydrogens is 286 g/mol. The van der Waals surface area contributed by atoms with E-state index in [1.807, 2.05) is 41.8 Å². The molecule has 0 saturated heterocycles. The van der Waals surface area contributed by atoms with Crippen LogP contribution in [0, 0.1) is 0 Å². The Morgan fingerprint density at radius 3 is 3.00 bits per heavy atom. The van der Waals surface area contributed by atoms with Crippen molar-refractivity contribution < 1.29 is 14.6 Å². The topological polar surface area (TPSA) is 58.6 Å². The van der Waals surface area contributed by atoms with Crippen LogP contribution in [0.25, 0.3) is 0 Å². The molecule has 0 bridgehead atoms. The first-order valence-corrected chi connectivity index (χ1v) is 7.72. The van der Waals surface area contributed by atoms with Gasteiger partial charge in [-0.15, -0.1) is 11.3 Å². The van der Waals surface area contributed by atoms with Crippen LogP contribution < -0.4 is 10.1 Å². The van der Waals surface area contributed by atoms with E-state index in [-0.39, 0.29) is 18.4 Å². The average Bonchev–Trinajstić information content (AvgIpc) is 3.14. The second kappa shape index (κ2) is 5.50. The largest absolute Gasteiger partial charge is 0.492 e. The van der Waals surface area contributed by atoms with E-state index >= 15 is 0 Å². The highest BCUT2D eigenvalue weighted by Gasteiger charge is 2.32. The average molecular weight is 303 g/mol. The number of hydrogen-bond acceptors (Lipinski definition) is 4. The fourth-order valence-corrected chi connectivity index (χ4v) is 3.22. The van der Waals surface area contributed by atoms with Gasteiger partial charge >= 0.3 is 0 Å². The monoisotopic (exact) mass is 303 g/mol. The van der Waals surface area contributed by atoms with Crippen LogP contribution in [0.1, 0.15) is 23.3 Å². The second-order valence-corrected chi connectivity index (χ2v) is 6.32. The van der Waals surface area contributed by atoms with Crippen molar-refractivity contribution in [3.8, 4) is 5.75 Å². The van der Waals surface area contributed by atoms with E-state index in [2.05, 4.69) is 5.32 Å². The summed E-state index contributed by atoms with van der Waals surface area (Å²) in [5.41, 5.74) is -0.145. The molecule has 1 aromatic heterocycles. The maximum atomic E-state index is 12.3. The highest BCUT2D eigenvalue weighted by Crippen LogP contribution is 2.33. The van der Waals surface area contributed by atoms with Crippen LogP contribution >= 0.6 is 11.3 Å². The van der Waals surface area contributed by atoms with Crippen LogP contribution in [-0.4, -0.2) is 24.2 Å². The molecule has 0 aliphatic carbocycles. The van der Waals surface area contributed by atoms with Gasteiger partial charge in [0.25, 0.3) is 0 Å². The Morgan fingerprint density at radius 2 is 2.24 bits per heavy atom. The number of benzene rings is 1. The van der Waals surface area contributed by atoms with Gasteiger partial charge in [0.15, 0.2) is 0 Å². The number of aliphatic hydroxyl groups is 1. The highest BCUT2D eigenvalue weighted by atomic mass is 32.1. The number of thiophene rings is 1. The minimum atomic E-state index is -1.05. The lowest BCUT2D eigenvalue weighted by Gasteiger charge is -2.23. The molecule has 0 fully saturated rings. The Morgan fingerprint density at radius 1 is 1.43 bits per heavy atom. The summed E-state index contributed by atoms with van der Waals surface area (Å²) in [5.74, 6) is 0.347. The molecule has 4 nitrogen and oxygen atoms in total. The van der Waals surface area contributed by atoms with Crippen LogP contribution in [0.3, 0.4) is 0 Å². The third-order valence-electron chi connectivity index (χ3n) is 3.68. The summed E-state index contributed by atoms with van der Waals surface area (Å²) in [5, 5.41) is 15.2. The highest BCUT2D eigenvalue weighted by molar-refractivity contribution is 7.10. The Balaban J connectivity index is 1.66. The Bertz CT molecular complexity index is 637. The molecule has 2 aromatic rings. The van der Waals surface area contributed by atoms with E-state index in [4.69, 9.17) is 4.74 Å². The van der Waals surface area contributed by atoms with Gasteiger partial charge in [0.1, 0.15) is 23.9 Å². The molecule has 2 N–H and O–H groups in total. The molecular formula is C16H17NO3S. The SMILES string of the molecule is CC(O)(CNC(=O)C1COc2ccccc21)c1cccs1. The van der Waals surface area contributed by atoms with Gasteiger partial charge in [0.2, 0.25) is 5.91 Å². The number of ether oxygens (including phenoxy) is 1. The fourth-order valence-electron chi connectivity index (χ4n) is 2.43. The van der Waals surface area contributed by atoms with Gasteiger partial charge in [-0.25, -0.2) is 0 Å². The van der Waals surface area contributed by atoms with Crippen molar-refractivity contribution in [2.24, 2.45) is 0 Å². The van der Waals surface area contributed by atoms with Crippen LogP contribution in [0.5, 0.6) is 5.75 Å². The molecule has 21 heavy (non-hydrogen) atoms. The van der Waals surface area contributed by atoms with Crippen molar-refractivity contribution in [3.05, 3.63) is 52.2 Å². The van der Waals surface area contributed by atoms with Crippen molar-refractivity contribution in [2.45, 2.75) is 18.4 Å². The number of para-hydroxylation sites is 1. The summed E-state index contributed by atoms with van der Waals surface area (Å²) >= 11 is 1.48. The number of nitrogens with one attached hydrogen (secondary N) is 1. The van der Waals surface area contributed by atoms with Crippen molar-refractivity contribution in [1.29, 1.82) is 0 Å². The van der Waals surface area contributed by atoms with E-state index in [0.29, 0.717) is 6.61 Å². The number of fused-ring (bicyclic) bond motifs is 1. The summed E-state index contributed by atoms with van der Waals surface area (Å²) in [6.07, 6.45) is 0. The molecule has 1 aromatic carbocycles. The predicted molar refractivity (Wildman–Crippen MR) is 81.6 cm³/mol. The summed E-state index contributed by atoms with van der Waals surface area (Å²) < 4.78 is 5.52. The van der Waals surface area contributed by atoms with Crippen LogP contribution in [0.2, 0.25) is 0 Å². The normalized spacial score (nSPS) is 19.4. The summed E-state index contributed by atoms with van der Waals surface area (Å²) in [4.78, 5) is 13.2. The van der Waals surface area contributed by atoms with Gasteiger partial charge in [0, 0.05) is 10.4 Å². The van der Waals surface area contributed by atoms with Crippen molar-refractivity contribution in [1.82, 2.24) is 5.32 Å². The molecule has 2 unspecified atom stereocenters. The van der Waals surface area contributed by atoms with Crippen LogP contribution in [0.4, 0.5) is 0 Å². The standard InChI is InChI=1S/C16H17NO3S/c1-16(19,14-7-4-8-21-14)10-17-15(18)12-9-20-13-6-3-2-5-11(12)13/h2-8,12,19H,9-10H2,1H3,(H,17,18). The molecule has 110 valence electrons. The Labute approximate surface area is 127 Å². The zero-order valence-corrected chi connectivity index (χ0v) is 12.5. The van der Waals surface area contributed by atoms with Gasteiger partial charge in [-0.3, -0.25) is 4.79 Å². The molecule has 5 heteroatoms. The third kappa shape index (κ3) is 2.80. The molecule has 2 atom stereocenters. The van der Waals surface area contributed by atoms with Gasteiger partial charge in [-0.05, 0) is 24.4 Å². The van der Waals surface area contributed by atoms with E-state index in [0.717, 1.165) is 16.2 Å². The van der Waals surface area contributed by atoms with E-state index in [1.165, 1.54) is 11.3 Å². The maximum absolute atomic E-state index is 12.3. The summed E-state index contributed by atoms with van der Waals surface area (Å²) in [7, 11) is 0. The number of rotatable bonds is 4. The first-order chi connectivity index (χ1) is 10.1. The van der Waals surface area contributed by atoms with Gasteiger partial charge in [-0.1, -0.05) is 24.3 Å². The summed E-state index contributed by atoms with van der Waals surface area (Å²) in [6.45, 7) is 2.25. The first kappa shape index (κ1) is 14.1.